The van der Waals surface area contributed by atoms with E-state index in [9.17, 15) is 0 Å². The van der Waals surface area contributed by atoms with Gasteiger partial charge in [-0.15, -0.1) is 0 Å². The number of unbranched alkanes of at least 4 members (excludes halogenated alkanes) is 1. The third-order valence-electron chi connectivity index (χ3n) is 3.35. The molecular formula is C16H23N5. The predicted molar refractivity (Wildman–Crippen MR) is 89.0 cm³/mol. The van der Waals surface area contributed by atoms with Crippen LogP contribution in [-0.4, -0.2) is 16.5 Å². The van der Waals surface area contributed by atoms with Gasteiger partial charge in [-0.2, -0.15) is 0 Å². The van der Waals surface area contributed by atoms with Crippen LogP contribution in [0.4, 0.5) is 23.0 Å². The number of nitrogens with zero attached hydrogens (tertiary/aromatic N) is 2. The standard InChI is InChI=1S/C16H23N5/c1-4-5-8-18-15-14(17)16(20-10-19-15)21-13-9-11(2)6-7-12(13)3/h6-7,9-10H,4-5,8,17H2,1-3H3,(H2,18,19,20,21). The molecule has 0 aliphatic carbocycles. The van der Waals surface area contributed by atoms with Gasteiger partial charge in [0, 0.05) is 12.2 Å². The Morgan fingerprint density at radius 1 is 1.14 bits per heavy atom. The van der Waals surface area contributed by atoms with Crippen LogP contribution >= 0.6 is 0 Å². The van der Waals surface area contributed by atoms with Crippen molar-refractivity contribution in [3.05, 3.63) is 35.7 Å². The Hall–Kier alpha value is -2.30. The van der Waals surface area contributed by atoms with Gasteiger partial charge in [0.15, 0.2) is 11.6 Å². The van der Waals surface area contributed by atoms with Crippen LogP contribution in [0.15, 0.2) is 24.5 Å². The molecule has 4 N–H and O–H groups in total. The van der Waals surface area contributed by atoms with Crippen LogP contribution < -0.4 is 16.4 Å². The molecule has 0 aliphatic rings. The minimum absolute atomic E-state index is 0.550. The number of hydrogen-bond acceptors (Lipinski definition) is 5. The first kappa shape index (κ1) is 15.1. The molecule has 21 heavy (non-hydrogen) atoms. The van der Waals surface area contributed by atoms with Crippen molar-refractivity contribution in [1.29, 1.82) is 0 Å². The van der Waals surface area contributed by atoms with E-state index in [1.165, 1.54) is 11.9 Å². The van der Waals surface area contributed by atoms with Crippen molar-refractivity contribution < 1.29 is 0 Å². The first-order valence-corrected chi connectivity index (χ1v) is 7.30. The van der Waals surface area contributed by atoms with Crippen molar-refractivity contribution in [2.45, 2.75) is 33.6 Å². The van der Waals surface area contributed by atoms with Gasteiger partial charge >= 0.3 is 0 Å². The highest BCUT2D eigenvalue weighted by molar-refractivity contribution is 5.78. The van der Waals surface area contributed by atoms with Gasteiger partial charge in [-0.25, -0.2) is 9.97 Å². The summed E-state index contributed by atoms with van der Waals surface area (Å²) < 4.78 is 0. The molecule has 0 amide bonds. The number of nitrogens with one attached hydrogen (secondary N) is 2. The Morgan fingerprint density at radius 2 is 1.90 bits per heavy atom. The fraction of sp³-hybridized carbons (Fsp3) is 0.375. The maximum absolute atomic E-state index is 6.15. The summed E-state index contributed by atoms with van der Waals surface area (Å²) in [7, 11) is 0. The molecule has 0 atom stereocenters. The fourth-order valence-corrected chi connectivity index (χ4v) is 2.02. The van der Waals surface area contributed by atoms with E-state index < -0.39 is 0 Å². The average molecular weight is 285 g/mol. The molecule has 0 saturated carbocycles. The number of hydrogen-bond donors (Lipinski definition) is 3. The fourth-order valence-electron chi connectivity index (χ4n) is 2.02. The average Bonchev–Trinajstić information content (AvgIpc) is 2.47. The van der Waals surface area contributed by atoms with E-state index >= 15 is 0 Å². The molecule has 0 spiro atoms. The molecule has 5 nitrogen and oxygen atoms in total. The summed E-state index contributed by atoms with van der Waals surface area (Å²) in [4.78, 5) is 8.45. The van der Waals surface area contributed by atoms with Crippen molar-refractivity contribution in [2.75, 3.05) is 22.9 Å². The molecular weight excluding hydrogens is 262 g/mol. The lowest BCUT2D eigenvalue weighted by molar-refractivity contribution is 0.831. The van der Waals surface area contributed by atoms with E-state index in [-0.39, 0.29) is 0 Å². The topological polar surface area (TPSA) is 75.9 Å². The van der Waals surface area contributed by atoms with Crippen LogP contribution in [0.3, 0.4) is 0 Å². The number of aryl methyl sites for hydroxylation is 2. The van der Waals surface area contributed by atoms with Gasteiger partial charge < -0.3 is 16.4 Å². The largest absolute Gasteiger partial charge is 0.393 e. The molecule has 2 aromatic rings. The summed E-state index contributed by atoms with van der Waals surface area (Å²) in [6, 6.07) is 6.25. The Morgan fingerprint density at radius 3 is 2.67 bits per heavy atom. The quantitative estimate of drug-likeness (QED) is 0.707. The molecule has 0 aliphatic heterocycles. The molecule has 1 heterocycles. The van der Waals surface area contributed by atoms with Crippen molar-refractivity contribution in [2.24, 2.45) is 0 Å². The Labute approximate surface area is 126 Å². The van der Waals surface area contributed by atoms with E-state index in [0.29, 0.717) is 17.3 Å². The Balaban J connectivity index is 2.20. The van der Waals surface area contributed by atoms with Crippen LogP contribution in [0.25, 0.3) is 0 Å². The highest BCUT2D eigenvalue weighted by atomic mass is 15.1. The number of aromatic nitrogens is 2. The van der Waals surface area contributed by atoms with Crippen molar-refractivity contribution in [3.8, 4) is 0 Å². The molecule has 5 heteroatoms. The zero-order valence-electron chi connectivity index (χ0n) is 12.9. The molecule has 0 saturated heterocycles. The van der Waals surface area contributed by atoms with Gasteiger partial charge in [-0.05, 0) is 37.5 Å². The number of rotatable bonds is 6. The molecule has 1 aromatic heterocycles. The summed E-state index contributed by atoms with van der Waals surface area (Å²) >= 11 is 0. The van der Waals surface area contributed by atoms with Crippen LogP contribution in [0.2, 0.25) is 0 Å². The molecule has 0 radical (unpaired) electrons. The van der Waals surface area contributed by atoms with E-state index in [2.05, 4.69) is 59.6 Å². The minimum Gasteiger partial charge on any atom is -0.393 e. The number of benzene rings is 1. The number of anilines is 4. The van der Waals surface area contributed by atoms with E-state index in [4.69, 9.17) is 5.73 Å². The summed E-state index contributed by atoms with van der Waals surface area (Å²) in [6.45, 7) is 7.13. The second-order valence-corrected chi connectivity index (χ2v) is 5.21. The lowest BCUT2D eigenvalue weighted by Gasteiger charge is -2.14. The van der Waals surface area contributed by atoms with E-state index in [0.717, 1.165) is 30.6 Å². The molecule has 112 valence electrons. The van der Waals surface area contributed by atoms with Gasteiger partial charge in [-0.1, -0.05) is 25.5 Å². The monoisotopic (exact) mass is 285 g/mol. The maximum atomic E-state index is 6.15. The maximum Gasteiger partial charge on any atom is 0.159 e. The zero-order chi connectivity index (χ0) is 15.2. The predicted octanol–water partition coefficient (Wildman–Crippen LogP) is 3.63. The smallest absolute Gasteiger partial charge is 0.159 e. The van der Waals surface area contributed by atoms with Gasteiger partial charge in [0.1, 0.15) is 12.0 Å². The first-order valence-electron chi connectivity index (χ1n) is 7.30. The Bertz CT molecular complexity index is 610. The van der Waals surface area contributed by atoms with Gasteiger partial charge in [0.05, 0.1) is 0 Å². The van der Waals surface area contributed by atoms with Crippen molar-refractivity contribution in [3.63, 3.8) is 0 Å². The van der Waals surface area contributed by atoms with Crippen LogP contribution in [-0.2, 0) is 0 Å². The summed E-state index contributed by atoms with van der Waals surface area (Å²) in [5.41, 5.74) is 10.1. The second kappa shape index (κ2) is 6.92. The SMILES string of the molecule is CCCCNc1ncnc(Nc2cc(C)ccc2C)c1N. The summed E-state index contributed by atoms with van der Waals surface area (Å²) in [5, 5.41) is 6.55. The van der Waals surface area contributed by atoms with Gasteiger partial charge in [0.2, 0.25) is 0 Å². The number of nitrogen functional groups attached to an aromatic ring is 1. The summed E-state index contributed by atoms with van der Waals surface area (Å²) in [5.74, 6) is 1.32. The molecule has 0 bridgehead atoms. The van der Waals surface area contributed by atoms with Crippen molar-refractivity contribution >= 4 is 23.0 Å². The lowest BCUT2D eigenvalue weighted by atomic mass is 10.1. The highest BCUT2D eigenvalue weighted by Crippen LogP contribution is 2.27. The molecule has 2 rings (SSSR count). The van der Waals surface area contributed by atoms with Crippen LogP contribution in [0.5, 0.6) is 0 Å². The first-order chi connectivity index (χ1) is 10.1. The zero-order valence-corrected chi connectivity index (χ0v) is 12.9. The lowest BCUT2D eigenvalue weighted by Crippen LogP contribution is -2.09. The van der Waals surface area contributed by atoms with E-state index in [1.54, 1.807) is 0 Å². The minimum atomic E-state index is 0.550. The summed E-state index contributed by atoms with van der Waals surface area (Å²) in [6.07, 6.45) is 3.74. The van der Waals surface area contributed by atoms with Gasteiger partial charge in [-0.3, -0.25) is 0 Å². The normalized spacial score (nSPS) is 10.4. The van der Waals surface area contributed by atoms with Crippen LogP contribution in [0.1, 0.15) is 30.9 Å². The second-order valence-electron chi connectivity index (χ2n) is 5.21. The molecule has 0 fully saturated rings. The van der Waals surface area contributed by atoms with Gasteiger partial charge in [0.25, 0.3) is 0 Å². The Kier molecular flexibility index (Phi) is 4.98. The third-order valence-corrected chi connectivity index (χ3v) is 3.35. The molecule has 1 aromatic carbocycles. The third kappa shape index (κ3) is 3.84. The van der Waals surface area contributed by atoms with Crippen molar-refractivity contribution in [1.82, 2.24) is 9.97 Å². The van der Waals surface area contributed by atoms with E-state index in [1.807, 2.05) is 0 Å². The highest BCUT2D eigenvalue weighted by Gasteiger charge is 2.09. The van der Waals surface area contributed by atoms with Crippen LogP contribution in [0, 0.1) is 13.8 Å². The molecule has 0 unspecified atom stereocenters. The number of nitrogens with two attached hydrogens (primary N) is 1.